The third-order valence-electron chi connectivity index (χ3n) is 9.25. The maximum atomic E-state index is 14.2. The SMILES string of the molecule is COc1ccc([C@@H]2[C@H](CC[C@H](O[Si](C)(C)C(C)(C)C)c3ccc(F)cc3)S(=O)(=O)N2c2ccccc2)c(OCc2ccccc2)c1. The lowest BCUT2D eigenvalue weighted by molar-refractivity contribution is 0.168. The van der Waals surface area contributed by atoms with Gasteiger partial charge in [0.05, 0.1) is 24.9 Å². The van der Waals surface area contributed by atoms with Crippen LogP contribution in [0.5, 0.6) is 11.5 Å². The number of hydrogen-bond donors (Lipinski definition) is 0. The van der Waals surface area contributed by atoms with Gasteiger partial charge in [-0.2, -0.15) is 0 Å². The molecule has 0 bridgehead atoms. The Morgan fingerprint density at radius 1 is 0.891 bits per heavy atom. The number of para-hydroxylation sites is 1. The van der Waals surface area contributed by atoms with Crippen molar-refractivity contribution in [3.8, 4) is 11.5 Å². The van der Waals surface area contributed by atoms with Gasteiger partial charge in [0.15, 0.2) is 8.32 Å². The molecule has 1 fully saturated rings. The molecule has 4 aromatic rings. The normalized spacial score (nSPS) is 18.5. The highest BCUT2D eigenvalue weighted by atomic mass is 32.2. The van der Waals surface area contributed by atoms with E-state index in [0.717, 1.165) is 16.7 Å². The maximum Gasteiger partial charge on any atom is 0.241 e. The number of ether oxygens (including phenoxy) is 2. The molecule has 6 nitrogen and oxygen atoms in total. The van der Waals surface area contributed by atoms with Crippen molar-refractivity contribution >= 4 is 24.0 Å². The monoisotopic (exact) mass is 661 g/mol. The smallest absolute Gasteiger partial charge is 0.241 e. The van der Waals surface area contributed by atoms with Gasteiger partial charge in [-0.05, 0) is 78.5 Å². The molecule has 0 amide bonds. The highest BCUT2D eigenvalue weighted by Gasteiger charge is 2.55. The zero-order valence-electron chi connectivity index (χ0n) is 27.4. The van der Waals surface area contributed by atoms with Crippen LogP contribution in [0.15, 0.2) is 103 Å². The van der Waals surface area contributed by atoms with Gasteiger partial charge in [-0.3, -0.25) is 4.31 Å². The molecule has 5 rings (SSSR count). The maximum absolute atomic E-state index is 14.2. The first-order valence-electron chi connectivity index (χ1n) is 15.7. The summed E-state index contributed by atoms with van der Waals surface area (Å²) < 4.78 is 62.5. The Balaban J connectivity index is 1.52. The Hall–Kier alpha value is -3.66. The molecule has 4 aromatic carbocycles. The summed E-state index contributed by atoms with van der Waals surface area (Å²) >= 11 is 0. The van der Waals surface area contributed by atoms with E-state index in [0.29, 0.717) is 36.6 Å². The molecular weight excluding hydrogens is 618 g/mol. The summed E-state index contributed by atoms with van der Waals surface area (Å²) in [6.07, 6.45) is 0.419. The highest BCUT2D eigenvalue weighted by Crippen LogP contribution is 2.51. The average molecular weight is 662 g/mol. The Bertz CT molecular complexity index is 1710. The van der Waals surface area contributed by atoms with Crippen LogP contribution in [0, 0.1) is 5.82 Å². The van der Waals surface area contributed by atoms with Crippen LogP contribution in [-0.2, 0) is 21.1 Å². The van der Waals surface area contributed by atoms with Crippen LogP contribution in [0.3, 0.4) is 0 Å². The van der Waals surface area contributed by atoms with Gasteiger partial charge in [-0.25, -0.2) is 12.8 Å². The molecular formula is C37H44FNO5SSi. The fourth-order valence-corrected chi connectivity index (χ4v) is 9.07. The van der Waals surface area contributed by atoms with Crippen molar-refractivity contribution < 1.29 is 26.7 Å². The number of anilines is 1. The van der Waals surface area contributed by atoms with Crippen LogP contribution in [0.2, 0.25) is 18.1 Å². The fourth-order valence-electron chi connectivity index (χ4n) is 5.64. The van der Waals surface area contributed by atoms with Crippen LogP contribution in [0.1, 0.15) is 62.4 Å². The minimum Gasteiger partial charge on any atom is -0.497 e. The third-order valence-corrected chi connectivity index (χ3v) is 16.0. The summed E-state index contributed by atoms with van der Waals surface area (Å²) in [5.41, 5.74) is 3.21. The molecule has 46 heavy (non-hydrogen) atoms. The largest absolute Gasteiger partial charge is 0.497 e. The molecule has 1 aliphatic heterocycles. The molecule has 0 N–H and O–H groups in total. The summed E-state index contributed by atoms with van der Waals surface area (Å²) in [7, 11) is -4.39. The molecule has 0 saturated carbocycles. The van der Waals surface area contributed by atoms with Crippen molar-refractivity contribution in [1.82, 2.24) is 0 Å². The second-order valence-electron chi connectivity index (χ2n) is 13.3. The number of rotatable bonds is 12. The van der Waals surface area contributed by atoms with E-state index in [2.05, 4.69) is 33.9 Å². The molecule has 3 atom stereocenters. The second kappa shape index (κ2) is 13.6. The molecule has 0 aliphatic carbocycles. The number of methoxy groups -OCH3 is 1. The van der Waals surface area contributed by atoms with Gasteiger partial charge in [-0.15, -0.1) is 0 Å². The van der Waals surface area contributed by atoms with Gasteiger partial charge in [0.2, 0.25) is 10.0 Å². The molecule has 0 radical (unpaired) electrons. The highest BCUT2D eigenvalue weighted by molar-refractivity contribution is 7.95. The van der Waals surface area contributed by atoms with Crippen LogP contribution < -0.4 is 13.8 Å². The molecule has 0 aromatic heterocycles. The first-order valence-corrected chi connectivity index (χ1v) is 20.1. The summed E-state index contributed by atoms with van der Waals surface area (Å²) in [6, 6.07) is 30.5. The summed E-state index contributed by atoms with van der Waals surface area (Å²) in [4.78, 5) is 0. The van der Waals surface area contributed by atoms with Crippen LogP contribution in [0.4, 0.5) is 10.1 Å². The summed E-state index contributed by atoms with van der Waals surface area (Å²) in [5, 5.41) is -0.791. The van der Waals surface area contributed by atoms with Crippen molar-refractivity contribution in [3.63, 3.8) is 0 Å². The first kappa shape index (κ1) is 33.7. The Kier molecular flexibility index (Phi) is 9.96. The van der Waals surface area contributed by atoms with E-state index in [1.807, 2.05) is 78.9 Å². The summed E-state index contributed by atoms with van der Waals surface area (Å²) in [6.45, 7) is 11.2. The molecule has 1 heterocycles. The standard InChI is InChI=1S/C37H44FNO5SSi/c1-37(2,3)46(5,6)44-33(28-17-19-29(38)20-18-28)23-24-35-36(39(45(35,40)41)30-15-11-8-12-16-30)32-22-21-31(42-4)25-34(32)43-26-27-13-9-7-10-14-27/h7-22,25,33,35-36H,23-24,26H2,1-6H3/t33-,35-,36+/m0/s1. The number of sulfonamides is 1. The average Bonchev–Trinajstić information content (AvgIpc) is 3.03. The quantitative estimate of drug-likeness (QED) is 0.142. The molecule has 1 saturated heterocycles. The first-order chi connectivity index (χ1) is 21.8. The number of nitrogens with zero attached hydrogens (tertiary/aromatic N) is 1. The Morgan fingerprint density at radius 3 is 2.13 bits per heavy atom. The van der Waals surface area contributed by atoms with E-state index in [1.165, 1.54) is 16.4 Å². The topological polar surface area (TPSA) is 65.1 Å². The van der Waals surface area contributed by atoms with Gasteiger partial charge in [0.1, 0.15) is 29.2 Å². The van der Waals surface area contributed by atoms with Crippen LogP contribution in [-0.4, -0.2) is 29.1 Å². The van der Waals surface area contributed by atoms with E-state index < -0.39 is 29.6 Å². The van der Waals surface area contributed by atoms with E-state index in [4.69, 9.17) is 13.9 Å². The van der Waals surface area contributed by atoms with Crippen molar-refractivity contribution in [2.24, 2.45) is 0 Å². The number of hydrogen-bond acceptors (Lipinski definition) is 5. The van der Waals surface area contributed by atoms with Gasteiger partial charge in [0, 0.05) is 11.6 Å². The van der Waals surface area contributed by atoms with Crippen molar-refractivity contribution in [2.75, 3.05) is 11.4 Å². The minimum atomic E-state index is -3.73. The van der Waals surface area contributed by atoms with Crippen LogP contribution in [0.25, 0.3) is 0 Å². The van der Waals surface area contributed by atoms with E-state index in [-0.39, 0.29) is 17.0 Å². The molecule has 0 spiro atoms. The molecule has 9 heteroatoms. The zero-order chi connectivity index (χ0) is 33.1. The fraction of sp³-hybridized carbons (Fsp3) is 0.351. The van der Waals surface area contributed by atoms with E-state index in [1.54, 1.807) is 19.2 Å². The predicted octanol–water partition coefficient (Wildman–Crippen LogP) is 9.22. The number of halogens is 1. The van der Waals surface area contributed by atoms with Gasteiger partial charge in [0.25, 0.3) is 0 Å². The van der Waals surface area contributed by atoms with Crippen molar-refractivity contribution in [1.29, 1.82) is 0 Å². The summed E-state index contributed by atoms with van der Waals surface area (Å²) in [5.74, 6) is 0.870. The Labute approximate surface area is 274 Å². The molecule has 244 valence electrons. The van der Waals surface area contributed by atoms with Crippen molar-refractivity contribution in [2.45, 2.75) is 75.7 Å². The van der Waals surface area contributed by atoms with Gasteiger partial charge in [-0.1, -0.05) is 81.4 Å². The number of benzene rings is 4. The predicted molar refractivity (Wildman–Crippen MR) is 185 cm³/mol. The van der Waals surface area contributed by atoms with E-state index in [9.17, 15) is 12.8 Å². The lowest BCUT2D eigenvalue weighted by Gasteiger charge is -2.49. The molecule has 1 aliphatic rings. The van der Waals surface area contributed by atoms with Gasteiger partial charge >= 0.3 is 0 Å². The second-order valence-corrected chi connectivity index (χ2v) is 20.1. The minimum absolute atomic E-state index is 0.0610. The van der Waals surface area contributed by atoms with Crippen molar-refractivity contribution in [3.05, 3.63) is 126 Å². The Morgan fingerprint density at radius 2 is 1.52 bits per heavy atom. The van der Waals surface area contributed by atoms with Gasteiger partial charge < -0.3 is 13.9 Å². The third kappa shape index (κ3) is 7.16. The lowest BCUT2D eigenvalue weighted by atomic mass is 9.95. The van der Waals surface area contributed by atoms with E-state index >= 15 is 0 Å². The zero-order valence-corrected chi connectivity index (χ0v) is 29.3. The van der Waals surface area contributed by atoms with Crippen LogP contribution >= 0.6 is 0 Å². The lowest BCUT2D eigenvalue weighted by Crippen LogP contribution is -2.58. The molecule has 0 unspecified atom stereocenters.